The molecule has 38 heavy (non-hydrogen) atoms. The lowest BCUT2D eigenvalue weighted by atomic mass is 9.95. The predicted molar refractivity (Wildman–Crippen MR) is 152 cm³/mol. The molecule has 4 rings (SSSR count). The second-order valence-electron chi connectivity index (χ2n) is 9.17. The molecule has 8 nitrogen and oxygen atoms in total. The van der Waals surface area contributed by atoms with Crippen LogP contribution in [0.2, 0.25) is 0 Å². The number of aromatic nitrogens is 2. The highest BCUT2D eigenvalue weighted by atomic mass is 35.5. The van der Waals surface area contributed by atoms with E-state index < -0.39 is 0 Å². The summed E-state index contributed by atoms with van der Waals surface area (Å²) in [7, 11) is 5.56. The SMILES string of the molecule is COc1ccc(NC(=O)c2ccc(-c3ccc(-c4noc(C)n4)cc3C)cc2C)cc1OCCN(C)C.Cl. The summed E-state index contributed by atoms with van der Waals surface area (Å²) in [6, 6.07) is 17.3. The minimum Gasteiger partial charge on any atom is -0.493 e. The second-order valence-corrected chi connectivity index (χ2v) is 9.17. The Balaban J connectivity index is 0.00000400. The van der Waals surface area contributed by atoms with Gasteiger partial charge in [0.05, 0.1) is 7.11 Å². The zero-order valence-electron chi connectivity index (χ0n) is 22.5. The molecule has 1 N–H and O–H groups in total. The molecule has 0 fully saturated rings. The van der Waals surface area contributed by atoms with Crippen LogP contribution >= 0.6 is 12.4 Å². The molecule has 1 heterocycles. The number of nitrogens with zero attached hydrogens (tertiary/aromatic N) is 3. The summed E-state index contributed by atoms with van der Waals surface area (Å²) >= 11 is 0. The summed E-state index contributed by atoms with van der Waals surface area (Å²) in [5.74, 6) is 2.12. The lowest BCUT2D eigenvalue weighted by molar-refractivity contribution is 0.102. The number of hydrogen-bond acceptors (Lipinski definition) is 7. The second kappa shape index (κ2) is 12.6. The number of methoxy groups -OCH3 is 1. The van der Waals surface area contributed by atoms with E-state index in [1.807, 2.05) is 69.2 Å². The van der Waals surface area contributed by atoms with Crippen LogP contribution in [0.4, 0.5) is 5.69 Å². The van der Waals surface area contributed by atoms with Gasteiger partial charge < -0.3 is 24.2 Å². The summed E-state index contributed by atoms with van der Waals surface area (Å²) < 4.78 is 16.4. The number of rotatable bonds is 9. The molecule has 1 aromatic heterocycles. The van der Waals surface area contributed by atoms with Crippen LogP contribution in [-0.4, -0.2) is 55.3 Å². The molecule has 0 saturated heterocycles. The Kier molecular flexibility index (Phi) is 9.50. The molecule has 0 aliphatic heterocycles. The predicted octanol–water partition coefficient (Wildman–Crippen LogP) is 5.95. The molecule has 0 atom stereocenters. The van der Waals surface area contributed by atoms with Crippen molar-refractivity contribution < 1.29 is 18.8 Å². The molecule has 3 aromatic carbocycles. The van der Waals surface area contributed by atoms with E-state index >= 15 is 0 Å². The number of halogens is 1. The van der Waals surface area contributed by atoms with E-state index in [9.17, 15) is 4.79 Å². The molecule has 9 heteroatoms. The van der Waals surface area contributed by atoms with Gasteiger partial charge in [-0.2, -0.15) is 4.98 Å². The smallest absolute Gasteiger partial charge is 0.255 e. The molecule has 0 aliphatic rings. The van der Waals surface area contributed by atoms with Crippen molar-refractivity contribution in [3.8, 4) is 34.0 Å². The summed E-state index contributed by atoms with van der Waals surface area (Å²) in [5, 5.41) is 6.98. The van der Waals surface area contributed by atoms with Crippen molar-refractivity contribution in [3.63, 3.8) is 0 Å². The van der Waals surface area contributed by atoms with Crippen molar-refractivity contribution in [1.29, 1.82) is 0 Å². The average molecular weight is 537 g/mol. The van der Waals surface area contributed by atoms with Gasteiger partial charge in [-0.25, -0.2) is 0 Å². The van der Waals surface area contributed by atoms with Crippen LogP contribution in [0.25, 0.3) is 22.5 Å². The van der Waals surface area contributed by atoms with Crippen LogP contribution in [0.5, 0.6) is 11.5 Å². The standard InChI is InChI=1S/C29H32N4O4.ClH/c1-18-16-22(28-30-20(3)37-32-28)8-10-24(18)21-7-11-25(19(2)15-21)29(34)31-23-9-12-26(35-6)27(17-23)36-14-13-33(4)5;/h7-12,15-17H,13-14H2,1-6H3,(H,31,34);1H. The number of amides is 1. The van der Waals surface area contributed by atoms with E-state index in [2.05, 4.69) is 15.5 Å². The summed E-state index contributed by atoms with van der Waals surface area (Å²) in [4.78, 5) is 19.4. The fourth-order valence-electron chi connectivity index (χ4n) is 4.03. The topological polar surface area (TPSA) is 89.7 Å². The summed E-state index contributed by atoms with van der Waals surface area (Å²) in [6.45, 7) is 7.03. The number of anilines is 1. The van der Waals surface area contributed by atoms with Gasteiger partial charge in [0.15, 0.2) is 11.5 Å². The van der Waals surface area contributed by atoms with Crippen molar-refractivity contribution in [2.24, 2.45) is 0 Å². The lowest BCUT2D eigenvalue weighted by Crippen LogP contribution is -2.19. The van der Waals surface area contributed by atoms with E-state index in [0.29, 0.717) is 41.1 Å². The van der Waals surface area contributed by atoms with E-state index in [-0.39, 0.29) is 18.3 Å². The van der Waals surface area contributed by atoms with E-state index in [0.717, 1.165) is 34.4 Å². The molecule has 0 spiro atoms. The van der Waals surface area contributed by atoms with Crippen LogP contribution < -0.4 is 14.8 Å². The third-order valence-corrected chi connectivity index (χ3v) is 6.01. The normalized spacial score (nSPS) is 10.7. The van der Waals surface area contributed by atoms with E-state index in [4.69, 9.17) is 14.0 Å². The van der Waals surface area contributed by atoms with Gasteiger partial charge >= 0.3 is 0 Å². The summed E-state index contributed by atoms with van der Waals surface area (Å²) in [6.07, 6.45) is 0. The third-order valence-electron chi connectivity index (χ3n) is 6.01. The Morgan fingerprint density at radius 2 is 1.68 bits per heavy atom. The van der Waals surface area contributed by atoms with Gasteiger partial charge in [0.2, 0.25) is 11.7 Å². The monoisotopic (exact) mass is 536 g/mol. The first-order valence-corrected chi connectivity index (χ1v) is 12.0. The van der Waals surface area contributed by atoms with Gasteiger partial charge in [0, 0.05) is 36.3 Å². The molecule has 4 aromatic rings. The highest BCUT2D eigenvalue weighted by Crippen LogP contribution is 2.32. The van der Waals surface area contributed by atoms with Crippen LogP contribution in [0.1, 0.15) is 27.4 Å². The number of ether oxygens (including phenoxy) is 2. The van der Waals surface area contributed by atoms with E-state index in [1.165, 1.54) is 0 Å². The number of carbonyl (C=O) groups excluding carboxylic acids is 1. The van der Waals surface area contributed by atoms with Crippen molar-refractivity contribution in [3.05, 3.63) is 77.2 Å². The van der Waals surface area contributed by atoms with Crippen LogP contribution in [0, 0.1) is 20.8 Å². The van der Waals surface area contributed by atoms with Crippen molar-refractivity contribution in [1.82, 2.24) is 15.0 Å². The zero-order chi connectivity index (χ0) is 26.5. The Hall–Kier alpha value is -3.88. The van der Waals surface area contributed by atoms with Gasteiger partial charge in [-0.3, -0.25) is 4.79 Å². The Labute approximate surface area is 229 Å². The minimum absolute atomic E-state index is 0. The molecular weight excluding hydrogens is 504 g/mol. The number of aryl methyl sites for hydroxylation is 3. The molecule has 1 amide bonds. The molecule has 0 bridgehead atoms. The maximum Gasteiger partial charge on any atom is 0.255 e. The Morgan fingerprint density at radius 3 is 2.32 bits per heavy atom. The zero-order valence-corrected chi connectivity index (χ0v) is 23.3. The molecule has 0 saturated carbocycles. The number of benzene rings is 3. The van der Waals surface area contributed by atoms with Crippen molar-refractivity contribution in [2.75, 3.05) is 39.7 Å². The third kappa shape index (κ3) is 6.70. The Morgan fingerprint density at radius 1 is 0.947 bits per heavy atom. The first-order chi connectivity index (χ1) is 17.7. The molecular formula is C29H33ClN4O4. The van der Waals surface area contributed by atoms with Gasteiger partial charge in [-0.05, 0) is 74.5 Å². The fourth-order valence-corrected chi connectivity index (χ4v) is 4.03. The van der Waals surface area contributed by atoms with Gasteiger partial charge in [0.1, 0.15) is 6.61 Å². The molecule has 200 valence electrons. The van der Waals surface area contributed by atoms with Crippen molar-refractivity contribution >= 4 is 24.0 Å². The van der Waals surface area contributed by atoms with Gasteiger partial charge in [-0.15, -0.1) is 12.4 Å². The number of nitrogens with one attached hydrogen (secondary N) is 1. The number of hydrogen-bond donors (Lipinski definition) is 1. The molecule has 0 radical (unpaired) electrons. The molecule has 0 unspecified atom stereocenters. The maximum atomic E-state index is 13.1. The lowest BCUT2D eigenvalue weighted by Gasteiger charge is -2.15. The van der Waals surface area contributed by atoms with Crippen molar-refractivity contribution in [2.45, 2.75) is 20.8 Å². The maximum absolute atomic E-state index is 13.1. The van der Waals surface area contributed by atoms with Crippen LogP contribution in [0.15, 0.2) is 59.1 Å². The minimum atomic E-state index is -0.187. The fraction of sp³-hybridized carbons (Fsp3) is 0.276. The number of carbonyl (C=O) groups is 1. The first-order valence-electron chi connectivity index (χ1n) is 12.0. The van der Waals surface area contributed by atoms with Gasteiger partial charge in [0.25, 0.3) is 5.91 Å². The number of likely N-dealkylation sites (N-methyl/N-ethyl adjacent to an activating group) is 1. The van der Waals surface area contributed by atoms with Crippen LogP contribution in [-0.2, 0) is 0 Å². The quantitative estimate of drug-likeness (QED) is 0.282. The van der Waals surface area contributed by atoms with E-state index in [1.54, 1.807) is 32.2 Å². The highest BCUT2D eigenvalue weighted by molar-refractivity contribution is 6.05. The molecule has 0 aliphatic carbocycles. The summed E-state index contributed by atoms with van der Waals surface area (Å²) in [5.41, 5.74) is 6.20. The highest BCUT2D eigenvalue weighted by Gasteiger charge is 2.14. The average Bonchev–Trinajstić information content (AvgIpc) is 3.30. The van der Waals surface area contributed by atoms with Gasteiger partial charge in [-0.1, -0.05) is 29.4 Å². The first kappa shape index (κ1) is 28.7. The largest absolute Gasteiger partial charge is 0.493 e. The Bertz CT molecular complexity index is 1420. The van der Waals surface area contributed by atoms with Crippen LogP contribution in [0.3, 0.4) is 0 Å².